The molecule has 3 nitrogen and oxygen atoms in total. The van der Waals surface area contributed by atoms with Gasteiger partial charge < -0.3 is 10.5 Å². The Hall–Kier alpha value is -1.09. The van der Waals surface area contributed by atoms with Crippen LogP contribution in [0.25, 0.3) is 0 Å². The predicted molar refractivity (Wildman–Crippen MR) is 59.9 cm³/mol. The van der Waals surface area contributed by atoms with E-state index in [1.807, 2.05) is 19.1 Å². The van der Waals surface area contributed by atoms with Gasteiger partial charge in [-0.1, -0.05) is 0 Å². The first-order valence-electron chi connectivity index (χ1n) is 5.56. The number of hydrogen-bond acceptors (Lipinski definition) is 3. The Labute approximate surface area is 90.7 Å². The van der Waals surface area contributed by atoms with Crippen LogP contribution in [0.15, 0.2) is 18.3 Å². The Morgan fingerprint density at radius 1 is 1.53 bits per heavy atom. The number of rotatable bonds is 4. The highest BCUT2D eigenvalue weighted by atomic mass is 16.5. The summed E-state index contributed by atoms with van der Waals surface area (Å²) in [5.41, 5.74) is 6.58. The van der Waals surface area contributed by atoms with Crippen molar-refractivity contribution in [3.8, 4) is 5.75 Å². The molecule has 1 fully saturated rings. The van der Waals surface area contributed by atoms with Crippen molar-refractivity contribution in [1.82, 2.24) is 4.98 Å². The summed E-state index contributed by atoms with van der Waals surface area (Å²) in [5.74, 6) is 0.908. The molecule has 1 aromatic heterocycles. The van der Waals surface area contributed by atoms with Crippen molar-refractivity contribution < 1.29 is 4.74 Å². The van der Waals surface area contributed by atoms with Crippen molar-refractivity contribution >= 4 is 0 Å². The van der Waals surface area contributed by atoms with Gasteiger partial charge in [0.15, 0.2) is 0 Å². The molecular weight excluding hydrogens is 188 g/mol. The predicted octanol–water partition coefficient (Wildman–Crippen LogP) is 2.04. The van der Waals surface area contributed by atoms with E-state index in [9.17, 15) is 0 Å². The molecule has 0 bridgehead atoms. The fourth-order valence-electron chi connectivity index (χ4n) is 2.05. The summed E-state index contributed by atoms with van der Waals surface area (Å²) in [4.78, 5) is 4.23. The topological polar surface area (TPSA) is 48.1 Å². The third-order valence-corrected chi connectivity index (χ3v) is 3.15. The molecule has 1 aromatic rings. The molecule has 82 valence electrons. The smallest absolute Gasteiger partial charge is 0.141 e. The number of nitrogens with zero attached hydrogens (tertiary/aromatic N) is 1. The second-order valence-corrected chi connectivity index (χ2v) is 4.26. The van der Waals surface area contributed by atoms with Crippen LogP contribution in [0.1, 0.15) is 31.4 Å². The fraction of sp³-hybridized carbons (Fsp3) is 0.583. The first-order chi connectivity index (χ1) is 7.26. The summed E-state index contributed by atoms with van der Waals surface area (Å²) in [6.07, 6.45) is 6.23. The molecule has 1 aliphatic rings. The van der Waals surface area contributed by atoms with Crippen molar-refractivity contribution in [2.45, 2.75) is 38.2 Å². The quantitative estimate of drug-likeness (QED) is 0.820. The molecule has 2 N–H and O–H groups in total. The average molecular weight is 206 g/mol. The van der Waals surface area contributed by atoms with E-state index in [0.29, 0.717) is 6.54 Å². The highest BCUT2D eigenvalue weighted by molar-refractivity contribution is 5.26. The summed E-state index contributed by atoms with van der Waals surface area (Å²) < 4.78 is 6.07. The Balaban J connectivity index is 2.10. The minimum Gasteiger partial charge on any atom is -0.485 e. The summed E-state index contributed by atoms with van der Waals surface area (Å²) in [6, 6.07) is 3.90. The second-order valence-electron chi connectivity index (χ2n) is 4.26. The van der Waals surface area contributed by atoms with Crippen molar-refractivity contribution in [2.75, 3.05) is 6.54 Å². The zero-order valence-electron chi connectivity index (χ0n) is 9.20. The summed E-state index contributed by atoms with van der Waals surface area (Å²) in [6.45, 7) is 2.67. The van der Waals surface area contributed by atoms with Crippen LogP contribution >= 0.6 is 0 Å². The lowest BCUT2D eigenvalue weighted by molar-refractivity contribution is -0.0133. The van der Waals surface area contributed by atoms with Gasteiger partial charge in [0.25, 0.3) is 0 Å². The van der Waals surface area contributed by atoms with Crippen LogP contribution < -0.4 is 10.5 Å². The maximum Gasteiger partial charge on any atom is 0.141 e. The molecule has 0 radical (unpaired) electrons. The number of hydrogen-bond donors (Lipinski definition) is 1. The molecule has 0 spiro atoms. The molecule has 15 heavy (non-hydrogen) atoms. The standard InChI is InChI=1S/C12H18N2O/c1-10-11(4-2-9-14-10)15-12(7-8-13)5-3-6-12/h2,4,9H,3,5-8,13H2,1H3. The number of pyridine rings is 1. The van der Waals surface area contributed by atoms with E-state index in [-0.39, 0.29) is 5.60 Å². The highest BCUT2D eigenvalue weighted by Crippen LogP contribution is 2.39. The summed E-state index contributed by atoms with van der Waals surface area (Å²) in [7, 11) is 0. The molecule has 0 saturated heterocycles. The molecule has 1 saturated carbocycles. The van der Waals surface area contributed by atoms with E-state index < -0.39 is 0 Å². The molecule has 0 unspecified atom stereocenters. The monoisotopic (exact) mass is 206 g/mol. The zero-order chi connectivity index (χ0) is 10.7. The van der Waals surface area contributed by atoms with Gasteiger partial charge in [-0.3, -0.25) is 4.98 Å². The Kier molecular flexibility index (Phi) is 2.91. The molecule has 0 aromatic carbocycles. The van der Waals surface area contributed by atoms with Crippen LogP contribution in [0.2, 0.25) is 0 Å². The lowest BCUT2D eigenvalue weighted by Gasteiger charge is -2.42. The minimum atomic E-state index is 0.00252. The van der Waals surface area contributed by atoms with Gasteiger partial charge >= 0.3 is 0 Å². The van der Waals surface area contributed by atoms with Crippen LogP contribution in [0.3, 0.4) is 0 Å². The van der Waals surface area contributed by atoms with Gasteiger partial charge in [-0.15, -0.1) is 0 Å². The second kappa shape index (κ2) is 4.19. The van der Waals surface area contributed by atoms with E-state index in [4.69, 9.17) is 10.5 Å². The molecular formula is C12H18N2O. The zero-order valence-corrected chi connectivity index (χ0v) is 9.20. The van der Waals surface area contributed by atoms with Crippen LogP contribution in [0.5, 0.6) is 5.75 Å². The Bertz CT molecular complexity index is 334. The number of nitrogens with two attached hydrogens (primary N) is 1. The van der Waals surface area contributed by atoms with Crippen LogP contribution in [0.4, 0.5) is 0 Å². The maximum absolute atomic E-state index is 6.07. The third kappa shape index (κ3) is 2.12. The van der Waals surface area contributed by atoms with Crippen LogP contribution in [0, 0.1) is 6.92 Å². The Morgan fingerprint density at radius 3 is 2.87 bits per heavy atom. The van der Waals surface area contributed by atoms with E-state index in [0.717, 1.165) is 30.7 Å². The first kappa shape index (κ1) is 10.4. The SMILES string of the molecule is Cc1ncccc1OC1(CCN)CCC1. The number of ether oxygens (including phenoxy) is 1. The normalized spacial score (nSPS) is 18.3. The van der Waals surface area contributed by atoms with Gasteiger partial charge in [-0.25, -0.2) is 0 Å². The lowest BCUT2D eigenvalue weighted by atomic mass is 9.77. The highest BCUT2D eigenvalue weighted by Gasteiger charge is 2.38. The van der Waals surface area contributed by atoms with E-state index >= 15 is 0 Å². The van der Waals surface area contributed by atoms with E-state index in [1.54, 1.807) is 6.20 Å². The van der Waals surface area contributed by atoms with Gasteiger partial charge in [0.05, 0.1) is 5.69 Å². The van der Waals surface area contributed by atoms with Crippen LogP contribution in [-0.4, -0.2) is 17.1 Å². The van der Waals surface area contributed by atoms with Crippen molar-refractivity contribution in [3.63, 3.8) is 0 Å². The molecule has 2 rings (SSSR count). The Morgan fingerprint density at radius 2 is 2.33 bits per heavy atom. The van der Waals surface area contributed by atoms with Gasteiger partial charge in [-0.2, -0.15) is 0 Å². The van der Waals surface area contributed by atoms with E-state index in [1.165, 1.54) is 6.42 Å². The molecule has 1 heterocycles. The minimum absolute atomic E-state index is 0.00252. The fourth-order valence-corrected chi connectivity index (χ4v) is 2.05. The number of aryl methyl sites for hydroxylation is 1. The van der Waals surface area contributed by atoms with Crippen molar-refractivity contribution in [2.24, 2.45) is 5.73 Å². The molecule has 0 atom stereocenters. The molecule has 0 amide bonds. The summed E-state index contributed by atoms with van der Waals surface area (Å²) >= 11 is 0. The number of aromatic nitrogens is 1. The first-order valence-corrected chi connectivity index (χ1v) is 5.56. The third-order valence-electron chi connectivity index (χ3n) is 3.15. The molecule has 1 aliphatic carbocycles. The van der Waals surface area contributed by atoms with Gasteiger partial charge in [0.1, 0.15) is 11.4 Å². The van der Waals surface area contributed by atoms with Crippen molar-refractivity contribution in [3.05, 3.63) is 24.0 Å². The van der Waals surface area contributed by atoms with Crippen molar-refractivity contribution in [1.29, 1.82) is 0 Å². The largest absolute Gasteiger partial charge is 0.485 e. The van der Waals surface area contributed by atoms with E-state index in [2.05, 4.69) is 4.98 Å². The molecule has 0 aliphatic heterocycles. The summed E-state index contributed by atoms with van der Waals surface area (Å²) in [5, 5.41) is 0. The molecule has 3 heteroatoms. The van der Waals surface area contributed by atoms with Gasteiger partial charge in [0.2, 0.25) is 0 Å². The lowest BCUT2D eigenvalue weighted by Crippen LogP contribution is -2.44. The maximum atomic E-state index is 6.07. The van der Waals surface area contributed by atoms with Gasteiger partial charge in [0, 0.05) is 6.20 Å². The van der Waals surface area contributed by atoms with Crippen LogP contribution in [-0.2, 0) is 0 Å². The average Bonchev–Trinajstić information content (AvgIpc) is 2.18. The van der Waals surface area contributed by atoms with Gasteiger partial charge in [-0.05, 0) is 51.3 Å².